The van der Waals surface area contributed by atoms with Gasteiger partial charge in [0.05, 0.1) is 7.11 Å². The summed E-state index contributed by atoms with van der Waals surface area (Å²) in [5, 5.41) is 3.63. The molecule has 0 radical (unpaired) electrons. The van der Waals surface area contributed by atoms with E-state index in [1.165, 1.54) is 31.7 Å². The molecule has 2 nitrogen and oxygen atoms in total. The molecule has 0 aliphatic heterocycles. The lowest BCUT2D eigenvalue weighted by atomic mass is 9.77. The normalized spacial score (nSPS) is 23.8. The molecule has 1 saturated carbocycles. The predicted molar refractivity (Wildman–Crippen MR) is 85.1 cm³/mol. The lowest BCUT2D eigenvalue weighted by Gasteiger charge is -2.34. The molecule has 0 heterocycles. The van der Waals surface area contributed by atoms with Gasteiger partial charge in [0, 0.05) is 11.6 Å². The van der Waals surface area contributed by atoms with Gasteiger partial charge in [-0.05, 0) is 55.8 Å². The summed E-state index contributed by atoms with van der Waals surface area (Å²) in [6, 6.07) is 5.06. The number of halogens is 1. The monoisotopic (exact) mass is 293 g/mol. The highest BCUT2D eigenvalue weighted by Crippen LogP contribution is 2.39. The Kier molecular flexibility index (Phi) is 6.04. The second-order valence-electron chi connectivity index (χ2n) is 6.34. The van der Waals surface area contributed by atoms with Gasteiger partial charge in [-0.25, -0.2) is 4.39 Å². The van der Waals surface area contributed by atoms with E-state index in [9.17, 15) is 4.39 Å². The number of hydrogen-bond donors (Lipinski definition) is 1. The summed E-state index contributed by atoms with van der Waals surface area (Å²) in [7, 11) is 1.66. The van der Waals surface area contributed by atoms with E-state index < -0.39 is 0 Å². The Bertz CT molecular complexity index is 441. The van der Waals surface area contributed by atoms with E-state index in [1.54, 1.807) is 19.2 Å². The zero-order valence-electron chi connectivity index (χ0n) is 13.5. The molecular formula is C18H28FNO. The first-order valence-electron chi connectivity index (χ1n) is 8.22. The zero-order chi connectivity index (χ0) is 15.2. The first-order valence-corrected chi connectivity index (χ1v) is 8.22. The minimum atomic E-state index is -0.182. The highest BCUT2D eigenvalue weighted by atomic mass is 19.1. The fourth-order valence-electron chi connectivity index (χ4n) is 3.40. The van der Waals surface area contributed by atoms with E-state index in [4.69, 9.17) is 4.74 Å². The maximum absolute atomic E-state index is 13.7. The van der Waals surface area contributed by atoms with Crippen molar-refractivity contribution in [3.8, 4) is 5.75 Å². The van der Waals surface area contributed by atoms with Crippen molar-refractivity contribution in [2.45, 2.75) is 52.0 Å². The fraction of sp³-hybridized carbons (Fsp3) is 0.667. The number of rotatable bonds is 6. The van der Waals surface area contributed by atoms with Crippen molar-refractivity contribution >= 4 is 0 Å². The fourth-order valence-corrected chi connectivity index (χ4v) is 3.40. The third-order valence-corrected chi connectivity index (χ3v) is 4.67. The van der Waals surface area contributed by atoms with E-state index >= 15 is 0 Å². The Morgan fingerprint density at radius 3 is 2.62 bits per heavy atom. The van der Waals surface area contributed by atoms with Gasteiger partial charge in [-0.1, -0.05) is 26.7 Å². The molecular weight excluding hydrogens is 265 g/mol. The maximum Gasteiger partial charge on any atom is 0.123 e. The van der Waals surface area contributed by atoms with Crippen molar-refractivity contribution in [3.63, 3.8) is 0 Å². The summed E-state index contributed by atoms with van der Waals surface area (Å²) >= 11 is 0. The first kappa shape index (κ1) is 16.3. The Morgan fingerprint density at radius 2 is 2.00 bits per heavy atom. The van der Waals surface area contributed by atoms with E-state index in [0.717, 1.165) is 30.2 Å². The van der Waals surface area contributed by atoms with Gasteiger partial charge in [0.15, 0.2) is 0 Å². The van der Waals surface area contributed by atoms with Crippen LogP contribution >= 0.6 is 0 Å². The molecule has 1 unspecified atom stereocenters. The lowest BCUT2D eigenvalue weighted by molar-refractivity contribution is 0.228. The highest BCUT2D eigenvalue weighted by molar-refractivity contribution is 5.37. The second kappa shape index (κ2) is 7.79. The maximum atomic E-state index is 13.7. The molecule has 0 saturated heterocycles. The van der Waals surface area contributed by atoms with E-state index in [-0.39, 0.29) is 11.9 Å². The van der Waals surface area contributed by atoms with Gasteiger partial charge in [-0.15, -0.1) is 0 Å². The van der Waals surface area contributed by atoms with Crippen LogP contribution in [0.3, 0.4) is 0 Å². The standard InChI is InChI=1S/C18H28FNO/c1-4-11-20-18(14-7-5-13(2)6-8-14)16-12-15(19)9-10-17(16)21-3/h9-10,12-14,18,20H,4-8,11H2,1-3H3. The van der Waals surface area contributed by atoms with Crippen LogP contribution in [0, 0.1) is 17.7 Å². The first-order chi connectivity index (χ1) is 10.2. The minimum Gasteiger partial charge on any atom is -0.496 e. The Labute approximate surface area is 128 Å². The van der Waals surface area contributed by atoms with E-state index in [1.807, 2.05) is 0 Å². The molecule has 1 aromatic rings. The zero-order valence-corrected chi connectivity index (χ0v) is 13.5. The van der Waals surface area contributed by atoms with Crippen LogP contribution in [0.5, 0.6) is 5.75 Å². The second-order valence-corrected chi connectivity index (χ2v) is 6.34. The average molecular weight is 293 g/mol. The van der Waals surface area contributed by atoms with Crippen LogP contribution < -0.4 is 10.1 Å². The summed E-state index contributed by atoms with van der Waals surface area (Å²) in [4.78, 5) is 0. The van der Waals surface area contributed by atoms with Crippen LogP contribution in [-0.2, 0) is 0 Å². The molecule has 0 aromatic heterocycles. The number of nitrogens with one attached hydrogen (secondary N) is 1. The molecule has 1 aromatic carbocycles. The SMILES string of the molecule is CCCNC(c1cc(F)ccc1OC)C1CCC(C)CC1. The molecule has 1 aliphatic rings. The van der Waals surface area contributed by atoms with Crippen LogP contribution in [0.1, 0.15) is 57.6 Å². The van der Waals surface area contributed by atoms with Gasteiger partial charge in [0.25, 0.3) is 0 Å². The van der Waals surface area contributed by atoms with Crippen molar-refractivity contribution in [2.24, 2.45) is 11.8 Å². The summed E-state index contributed by atoms with van der Waals surface area (Å²) in [5.74, 6) is 2.01. The van der Waals surface area contributed by atoms with Crippen molar-refractivity contribution in [1.82, 2.24) is 5.32 Å². The smallest absolute Gasteiger partial charge is 0.123 e. The van der Waals surface area contributed by atoms with Crippen molar-refractivity contribution in [3.05, 3.63) is 29.6 Å². The Hall–Kier alpha value is -1.09. The van der Waals surface area contributed by atoms with Crippen molar-refractivity contribution in [1.29, 1.82) is 0 Å². The summed E-state index contributed by atoms with van der Waals surface area (Å²) in [6.07, 6.45) is 6.04. The number of hydrogen-bond acceptors (Lipinski definition) is 2. The summed E-state index contributed by atoms with van der Waals surface area (Å²) < 4.78 is 19.2. The van der Waals surface area contributed by atoms with Crippen molar-refractivity contribution < 1.29 is 9.13 Å². The van der Waals surface area contributed by atoms with Gasteiger partial charge in [-0.2, -0.15) is 0 Å². The number of ether oxygens (including phenoxy) is 1. The van der Waals surface area contributed by atoms with Gasteiger partial charge in [-0.3, -0.25) is 0 Å². The third kappa shape index (κ3) is 4.19. The van der Waals surface area contributed by atoms with Crippen LogP contribution in [-0.4, -0.2) is 13.7 Å². The lowest BCUT2D eigenvalue weighted by Crippen LogP contribution is -2.31. The molecule has 0 amide bonds. The summed E-state index contributed by atoms with van der Waals surface area (Å²) in [6.45, 7) is 5.44. The van der Waals surface area contributed by atoms with Crippen LogP contribution in [0.25, 0.3) is 0 Å². The molecule has 0 bridgehead atoms. The molecule has 118 valence electrons. The molecule has 2 rings (SSSR count). The topological polar surface area (TPSA) is 21.3 Å². The third-order valence-electron chi connectivity index (χ3n) is 4.67. The van der Waals surface area contributed by atoms with Crippen LogP contribution in [0.2, 0.25) is 0 Å². The Morgan fingerprint density at radius 1 is 1.29 bits per heavy atom. The molecule has 3 heteroatoms. The Balaban J connectivity index is 2.24. The quantitative estimate of drug-likeness (QED) is 0.820. The molecule has 21 heavy (non-hydrogen) atoms. The number of methoxy groups -OCH3 is 1. The van der Waals surface area contributed by atoms with Gasteiger partial charge in [0.1, 0.15) is 11.6 Å². The molecule has 1 N–H and O–H groups in total. The summed E-state index contributed by atoms with van der Waals surface area (Å²) in [5.41, 5.74) is 0.977. The van der Waals surface area contributed by atoms with Gasteiger partial charge >= 0.3 is 0 Å². The van der Waals surface area contributed by atoms with Crippen LogP contribution in [0.4, 0.5) is 4.39 Å². The van der Waals surface area contributed by atoms with Gasteiger partial charge < -0.3 is 10.1 Å². The van der Waals surface area contributed by atoms with E-state index in [2.05, 4.69) is 19.2 Å². The molecule has 0 spiro atoms. The van der Waals surface area contributed by atoms with E-state index in [0.29, 0.717) is 5.92 Å². The average Bonchev–Trinajstić information content (AvgIpc) is 2.49. The van der Waals surface area contributed by atoms with Crippen molar-refractivity contribution in [2.75, 3.05) is 13.7 Å². The molecule has 1 aliphatic carbocycles. The van der Waals surface area contributed by atoms with Gasteiger partial charge in [0.2, 0.25) is 0 Å². The minimum absolute atomic E-state index is 0.182. The molecule has 1 fully saturated rings. The predicted octanol–water partition coefficient (Wildman–Crippen LogP) is 4.70. The molecule has 1 atom stereocenters. The van der Waals surface area contributed by atoms with Crippen LogP contribution in [0.15, 0.2) is 18.2 Å². The number of benzene rings is 1. The highest BCUT2D eigenvalue weighted by Gasteiger charge is 2.29. The largest absolute Gasteiger partial charge is 0.496 e.